The Hall–Kier alpha value is -6.86. The SMILES string of the molecule is N#CCC1C2NC(/C(c3ccccc3)=C3/C=CC(=N3)/C(c3ccccc3)=c3/cc/c([nH]3)=C(\c3ccccc3)C3=N/C(=C\2c2ccccc2)C=C3)C1CC#N. The van der Waals surface area contributed by atoms with E-state index in [1.165, 1.54) is 0 Å². The molecule has 4 aliphatic rings. The molecule has 6 heteroatoms. The van der Waals surface area contributed by atoms with E-state index in [-0.39, 0.29) is 36.8 Å². The van der Waals surface area contributed by atoms with Gasteiger partial charge in [-0.25, -0.2) is 9.98 Å². The summed E-state index contributed by atoms with van der Waals surface area (Å²) < 4.78 is 0. The Balaban J connectivity index is 1.42. The fraction of sp³-hybridized carbons (Fsp3) is 0.125. The van der Waals surface area contributed by atoms with Crippen LogP contribution in [0.3, 0.4) is 0 Å². The van der Waals surface area contributed by atoms with E-state index in [1.54, 1.807) is 0 Å². The van der Waals surface area contributed by atoms with Crippen LogP contribution in [0.5, 0.6) is 0 Å². The van der Waals surface area contributed by atoms with E-state index in [9.17, 15) is 10.5 Å². The second kappa shape index (κ2) is 14.3. The van der Waals surface area contributed by atoms with Crippen molar-refractivity contribution in [2.24, 2.45) is 21.8 Å². The van der Waals surface area contributed by atoms with Crippen LogP contribution in [0.4, 0.5) is 0 Å². The lowest BCUT2D eigenvalue weighted by atomic mass is 9.77. The smallest absolute Gasteiger partial charge is 0.0737 e. The number of H-pyrrole nitrogens is 1. The van der Waals surface area contributed by atoms with Crippen molar-refractivity contribution in [3.05, 3.63) is 202 Å². The summed E-state index contributed by atoms with van der Waals surface area (Å²) in [5.74, 6) is -0.346. The predicted molar refractivity (Wildman–Crippen MR) is 216 cm³/mol. The van der Waals surface area contributed by atoms with E-state index in [4.69, 9.17) is 9.98 Å². The maximum Gasteiger partial charge on any atom is 0.0737 e. The fourth-order valence-electron chi connectivity index (χ4n) is 8.57. The molecule has 1 aromatic heterocycles. The zero-order valence-corrected chi connectivity index (χ0v) is 29.5. The highest BCUT2D eigenvalue weighted by atomic mass is 15.0. The number of aliphatic imine (C=N–C) groups is 2. The van der Waals surface area contributed by atoms with Gasteiger partial charge in [0.05, 0.1) is 35.0 Å². The molecule has 0 radical (unpaired) electrons. The van der Waals surface area contributed by atoms with Crippen molar-refractivity contribution in [1.82, 2.24) is 10.3 Å². The summed E-state index contributed by atoms with van der Waals surface area (Å²) in [4.78, 5) is 14.7. The van der Waals surface area contributed by atoms with Crippen LogP contribution in [-0.4, -0.2) is 28.5 Å². The van der Waals surface area contributed by atoms with Gasteiger partial charge < -0.3 is 10.3 Å². The molecule has 8 bridgehead atoms. The number of benzene rings is 4. The van der Waals surface area contributed by atoms with E-state index < -0.39 is 0 Å². The van der Waals surface area contributed by atoms with Crippen LogP contribution < -0.4 is 16.0 Å². The van der Waals surface area contributed by atoms with Gasteiger partial charge >= 0.3 is 0 Å². The highest BCUT2D eigenvalue weighted by Crippen LogP contribution is 2.46. The quantitative estimate of drug-likeness (QED) is 0.191. The van der Waals surface area contributed by atoms with Gasteiger partial charge in [0.15, 0.2) is 0 Å². The summed E-state index contributed by atoms with van der Waals surface area (Å²) in [6.07, 6.45) is 8.98. The number of fused-ring (bicyclic) bond motifs is 6. The number of hydrogen-bond acceptors (Lipinski definition) is 5. The summed E-state index contributed by atoms with van der Waals surface area (Å²) in [6.45, 7) is 0. The van der Waals surface area contributed by atoms with E-state index in [1.807, 2.05) is 48.5 Å². The van der Waals surface area contributed by atoms with Crippen LogP contribution in [0.15, 0.2) is 179 Å². The summed E-state index contributed by atoms with van der Waals surface area (Å²) in [5.41, 5.74) is 11.5. The number of rotatable bonds is 6. The van der Waals surface area contributed by atoms with Crippen LogP contribution in [0.2, 0.25) is 0 Å². The molecule has 0 spiro atoms. The van der Waals surface area contributed by atoms with E-state index in [2.05, 4.69) is 132 Å². The third-order valence-electron chi connectivity index (χ3n) is 10.9. The summed E-state index contributed by atoms with van der Waals surface area (Å²) in [7, 11) is 0. The van der Waals surface area contributed by atoms with Crippen molar-refractivity contribution in [3.8, 4) is 12.1 Å². The largest absolute Gasteiger partial charge is 0.354 e. The molecule has 9 rings (SSSR count). The number of nitriles is 2. The molecular weight excluding hydrogens is 661 g/mol. The number of aromatic amines is 1. The van der Waals surface area contributed by atoms with Gasteiger partial charge in [-0.05, 0) is 70.5 Å². The number of allylic oxidation sites excluding steroid dienone is 4. The number of nitrogens with one attached hydrogen (secondary N) is 2. The van der Waals surface area contributed by atoms with Crippen LogP contribution in [-0.2, 0) is 0 Å². The van der Waals surface area contributed by atoms with Gasteiger partial charge in [-0.3, -0.25) is 0 Å². The summed E-state index contributed by atoms with van der Waals surface area (Å²) in [6, 6.07) is 50.2. The van der Waals surface area contributed by atoms with Crippen molar-refractivity contribution in [3.63, 3.8) is 0 Å². The maximum atomic E-state index is 10.4. The molecule has 5 aromatic rings. The first kappa shape index (κ1) is 33.0. The van der Waals surface area contributed by atoms with E-state index in [0.29, 0.717) is 0 Å². The third-order valence-corrected chi connectivity index (χ3v) is 10.9. The average molecular weight is 697 g/mol. The highest BCUT2D eigenvalue weighted by molar-refractivity contribution is 6.31. The van der Waals surface area contributed by atoms with Crippen LogP contribution in [0, 0.1) is 34.5 Å². The van der Waals surface area contributed by atoms with Crippen molar-refractivity contribution in [2.45, 2.75) is 24.9 Å². The van der Waals surface area contributed by atoms with Gasteiger partial charge in [0.25, 0.3) is 0 Å². The molecule has 4 aliphatic heterocycles. The molecule has 1 saturated heterocycles. The number of hydrogen-bond donors (Lipinski definition) is 2. The Kier molecular flexibility index (Phi) is 8.73. The Morgan fingerprint density at radius 3 is 1.20 bits per heavy atom. The van der Waals surface area contributed by atoms with Crippen LogP contribution >= 0.6 is 0 Å². The zero-order chi connectivity index (χ0) is 36.4. The minimum Gasteiger partial charge on any atom is -0.354 e. The molecule has 4 unspecified atom stereocenters. The molecule has 4 aromatic carbocycles. The Morgan fingerprint density at radius 1 is 0.463 bits per heavy atom. The standard InChI is InChI=1S/C48H36N6/c49-29-27-35-36(28-30-50)48-46(34-19-11-4-12-20-34)42-26-24-40(53-42)44(32-15-7-2-8-16-32)38-22-21-37(51-38)43(31-13-5-1-6-14-31)39-23-25-41(52-39)45(47(35)54-48)33-17-9-3-10-18-33/h1-26,35-36,47-48,51,54H,27-28H2/b43-37-,44-38-,45-41-,46-42-. The highest BCUT2D eigenvalue weighted by Gasteiger charge is 2.47. The molecule has 0 saturated carbocycles. The Morgan fingerprint density at radius 2 is 0.833 bits per heavy atom. The number of aromatic nitrogens is 1. The van der Waals surface area contributed by atoms with Crippen LogP contribution in [0.1, 0.15) is 35.1 Å². The molecule has 5 heterocycles. The number of nitrogens with zero attached hydrogens (tertiary/aromatic N) is 4. The van der Waals surface area contributed by atoms with Crippen LogP contribution in [0.25, 0.3) is 22.3 Å². The average Bonchev–Trinajstić information content (AvgIpc) is 4.05. The molecular formula is C48H36N6. The normalized spacial score (nSPS) is 26.3. The molecule has 2 N–H and O–H groups in total. The zero-order valence-electron chi connectivity index (χ0n) is 29.5. The Bertz CT molecular complexity index is 2460. The van der Waals surface area contributed by atoms with Gasteiger partial charge in [-0.1, -0.05) is 121 Å². The lowest BCUT2D eigenvalue weighted by Crippen LogP contribution is -2.34. The van der Waals surface area contributed by atoms with E-state index in [0.717, 1.165) is 78.1 Å². The van der Waals surface area contributed by atoms with Gasteiger partial charge in [0.2, 0.25) is 0 Å². The van der Waals surface area contributed by atoms with Crippen molar-refractivity contribution in [1.29, 1.82) is 10.5 Å². The van der Waals surface area contributed by atoms with Gasteiger partial charge in [-0.2, -0.15) is 10.5 Å². The topological polar surface area (TPSA) is 100 Å². The summed E-state index contributed by atoms with van der Waals surface area (Å²) in [5, 5.41) is 26.7. The minimum absolute atomic E-state index is 0.173. The summed E-state index contributed by atoms with van der Waals surface area (Å²) >= 11 is 0. The lowest BCUT2D eigenvalue weighted by Gasteiger charge is -2.25. The minimum atomic E-state index is -0.275. The molecule has 54 heavy (non-hydrogen) atoms. The third kappa shape index (κ3) is 5.90. The maximum absolute atomic E-state index is 10.4. The predicted octanol–water partition coefficient (Wildman–Crippen LogP) is 7.67. The molecule has 0 aliphatic carbocycles. The molecule has 0 amide bonds. The lowest BCUT2D eigenvalue weighted by molar-refractivity contribution is 0.390. The van der Waals surface area contributed by atoms with Crippen molar-refractivity contribution in [2.75, 3.05) is 0 Å². The fourth-order valence-corrected chi connectivity index (χ4v) is 8.57. The molecule has 6 nitrogen and oxygen atoms in total. The first-order valence-electron chi connectivity index (χ1n) is 18.4. The second-order valence-electron chi connectivity index (χ2n) is 13.9. The van der Waals surface area contributed by atoms with Gasteiger partial charge in [-0.15, -0.1) is 0 Å². The first-order chi connectivity index (χ1) is 26.7. The molecule has 4 atom stereocenters. The molecule has 258 valence electrons. The first-order valence-corrected chi connectivity index (χ1v) is 18.4. The second-order valence-corrected chi connectivity index (χ2v) is 13.9. The van der Waals surface area contributed by atoms with Crippen molar-refractivity contribution < 1.29 is 0 Å². The molecule has 1 fully saturated rings. The van der Waals surface area contributed by atoms with E-state index >= 15 is 0 Å². The van der Waals surface area contributed by atoms with Gasteiger partial charge in [0.1, 0.15) is 0 Å². The van der Waals surface area contributed by atoms with Gasteiger partial charge in [0, 0.05) is 57.9 Å². The monoisotopic (exact) mass is 696 g/mol. The Labute approximate surface area is 314 Å². The van der Waals surface area contributed by atoms with Crippen molar-refractivity contribution >= 4 is 33.7 Å².